The molecule has 0 aromatic rings. The van der Waals surface area contributed by atoms with Gasteiger partial charge in [-0.15, -0.1) is 0 Å². The molecule has 0 spiro atoms. The summed E-state index contributed by atoms with van der Waals surface area (Å²) < 4.78 is 25.3. The molecule has 218 valence electrons. The summed E-state index contributed by atoms with van der Waals surface area (Å²) in [6, 6.07) is 0. The van der Waals surface area contributed by atoms with Crippen molar-refractivity contribution in [2.75, 3.05) is 26.4 Å². The van der Waals surface area contributed by atoms with Crippen molar-refractivity contribution >= 4 is 30.0 Å². The molecule has 3 atom stereocenters. The van der Waals surface area contributed by atoms with Crippen LogP contribution < -0.4 is 5.32 Å². The molecule has 0 aromatic heterocycles. The van der Waals surface area contributed by atoms with Crippen LogP contribution in [0.5, 0.6) is 0 Å². The molecule has 0 saturated heterocycles. The molecule has 0 fully saturated rings. The van der Waals surface area contributed by atoms with Crippen molar-refractivity contribution in [3.63, 3.8) is 0 Å². The summed E-state index contributed by atoms with van der Waals surface area (Å²) in [5, 5.41) is 2.45. The fourth-order valence-electron chi connectivity index (χ4n) is 3.02. The zero-order valence-corrected chi connectivity index (χ0v) is 23.5. The monoisotopic (exact) mass is 543 g/mol. The lowest BCUT2D eigenvalue weighted by Gasteiger charge is -2.19. The van der Waals surface area contributed by atoms with E-state index in [1.807, 2.05) is 6.92 Å². The molecule has 1 amide bonds. The minimum absolute atomic E-state index is 0.0103. The van der Waals surface area contributed by atoms with Crippen LogP contribution in [0, 0.1) is 5.92 Å². The number of esters is 4. The maximum Gasteiger partial charge on any atom is 0.407 e. The molecule has 0 aliphatic carbocycles. The van der Waals surface area contributed by atoms with E-state index in [9.17, 15) is 24.0 Å². The Kier molecular flexibility index (Phi) is 19.2. The van der Waals surface area contributed by atoms with Crippen LogP contribution in [-0.4, -0.2) is 68.5 Å². The summed E-state index contributed by atoms with van der Waals surface area (Å²) in [4.78, 5) is 59.1. The predicted molar refractivity (Wildman–Crippen MR) is 139 cm³/mol. The minimum Gasteiger partial charge on any atom is -0.463 e. The predicted octanol–water partition coefficient (Wildman–Crippen LogP) is 4.02. The van der Waals surface area contributed by atoms with Gasteiger partial charge in [-0.1, -0.05) is 39.7 Å². The first-order chi connectivity index (χ1) is 18.0. The molecule has 0 heterocycles. The van der Waals surface area contributed by atoms with Crippen LogP contribution in [0.2, 0.25) is 0 Å². The minimum atomic E-state index is -1.16. The Bertz CT molecular complexity index is 767. The van der Waals surface area contributed by atoms with Crippen LogP contribution in [0.4, 0.5) is 4.79 Å². The maximum atomic E-state index is 12.2. The number of carbonyl (C=O) groups is 5. The summed E-state index contributed by atoms with van der Waals surface area (Å²) in [5.74, 6) is -2.29. The number of carbonyl (C=O) groups excluding carboxylic acids is 5. The Morgan fingerprint density at radius 2 is 1.50 bits per heavy atom. The average Bonchev–Trinajstić information content (AvgIpc) is 2.88. The van der Waals surface area contributed by atoms with Crippen molar-refractivity contribution in [1.82, 2.24) is 5.32 Å². The number of hydrogen-bond donors (Lipinski definition) is 1. The molecular weight excluding hydrogens is 498 g/mol. The Balaban J connectivity index is 3.99. The molecule has 0 rings (SSSR count). The van der Waals surface area contributed by atoms with Crippen molar-refractivity contribution in [2.24, 2.45) is 5.92 Å². The highest BCUT2D eigenvalue weighted by Crippen LogP contribution is 2.14. The van der Waals surface area contributed by atoms with Gasteiger partial charge < -0.3 is 29.0 Å². The van der Waals surface area contributed by atoms with E-state index in [0.29, 0.717) is 19.3 Å². The van der Waals surface area contributed by atoms with Crippen molar-refractivity contribution < 1.29 is 47.7 Å². The lowest BCUT2D eigenvalue weighted by atomic mass is 10.0. The number of hydrogen-bond acceptors (Lipinski definition) is 10. The Morgan fingerprint density at radius 3 is 2.13 bits per heavy atom. The third kappa shape index (κ3) is 17.4. The normalized spacial score (nSPS) is 12.9. The van der Waals surface area contributed by atoms with Gasteiger partial charge in [-0.3, -0.25) is 4.79 Å². The van der Waals surface area contributed by atoms with Crippen molar-refractivity contribution in [1.29, 1.82) is 0 Å². The summed E-state index contributed by atoms with van der Waals surface area (Å²) in [7, 11) is 0. The van der Waals surface area contributed by atoms with Gasteiger partial charge in [0.1, 0.15) is 6.61 Å². The van der Waals surface area contributed by atoms with E-state index in [1.54, 1.807) is 0 Å². The lowest BCUT2D eigenvalue weighted by Crippen LogP contribution is -2.33. The SMILES string of the molecule is C=C(C)C(=O)OCCNC(=O)OCCCCCC(=O)OC(C)C(=O)OC(C)C(=O)OCC(CC)CCCC. The number of alkyl carbamates (subject to hydrolysis) is 1. The molecule has 0 aliphatic rings. The second-order valence-electron chi connectivity index (χ2n) is 9.05. The Morgan fingerprint density at radius 1 is 0.816 bits per heavy atom. The maximum absolute atomic E-state index is 12.2. The highest BCUT2D eigenvalue weighted by atomic mass is 16.6. The molecule has 11 heteroatoms. The number of ether oxygens (including phenoxy) is 5. The third-order valence-corrected chi connectivity index (χ3v) is 5.48. The summed E-state index contributed by atoms with van der Waals surface area (Å²) >= 11 is 0. The van der Waals surface area contributed by atoms with E-state index in [4.69, 9.17) is 23.7 Å². The fourth-order valence-corrected chi connectivity index (χ4v) is 3.02. The zero-order valence-electron chi connectivity index (χ0n) is 23.5. The van der Waals surface area contributed by atoms with Gasteiger partial charge in [0.2, 0.25) is 0 Å². The first kappa shape index (κ1) is 34.9. The second kappa shape index (κ2) is 20.9. The van der Waals surface area contributed by atoms with Crippen LogP contribution in [-0.2, 0) is 42.9 Å². The van der Waals surface area contributed by atoms with Gasteiger partial charge in [0.15, 0.2) is 12.2 Å². The molecule has 0 aromatic carbocycles. The van der Waals surface area contributed by atoms with Gasteiger partial charge >= 0.3 is 30.0 Å². The average molecular weight is 544 g/mol. The van der Waals surface area contributed by atoms with Gasteiger partial charge in [0.05, 0.1) is 19.8 Å². The van der Waals surface area contributed by atoms with E-state index >= 15 is 0 Å². The molecule has 1 N–H and O–H groups in total. The van der Waals surface area contributed by atoms with E-state index < -0.39 is 42.2 Å². The molecule has 11 nitrogen and oxygen atoms in total. The Labute approximate surface area is 225 Å². The topological polar surface area (TPSA) is 144 Å². The highest BCUT2D eigenvalue weighted by Gasteiger charge is 2.26. The van der Waals surface area contributed by atoms with Gasteiger partial charge in [-0.25, -0.2) is 19.2 Å². The molecule has 0 radical (unpaired) electrons. The largest absolute Gasteiger partial charge is 0.463 e. The molecule has 0 bridgehead atoms. The number of amides is 1. The third-order valence-electron chi connectivity index (χ3n) is 5.48. The van der Waals surface area contributed by atoms with Crippen LogP contribution in [0.3, 0.4) is 0 Å². The van der Waals surface area contributed by atoms with Crippen molar-refractivity contribution in [3.05, 3.63) is 12.2 Å². The summed E-state index contributed by atoms with van der Waals surface area (Å²) in [6.45, 7) is 12.5. The zero-order chi connectivity index (χ0) is 28.9. The summed E-state index contributed by atoms with van der Waals surface area (Å²) in [5.41, 5.74) is 0.274. The second-order valence-corrected chi connectivity index (χ2v) is 9.05. The van der Waals surface area contributed by atoms with Gasteiger partial charge in [-0.2, -0.15) is 0 Å². The van der Waals surface area contributed by atoms with Crippen molar-refractivity contribution in [3.8, 4) is 0 Å². The standard InChI is InChI=1S/C27H45NO10/c1-7-9-13-22(8-2)18-36-25(31)20(5)38-26(32)21(6)37-23(29)14-11-10-12-16-35-27(33)28-15-17-34-24(30)19(3)4/h20-22H,3,7-18H2,1-2,4-6H3,(H,28,33). The van der Waals surface area contributed by atoms with E-state index in [2.05, 4.69) is 18.8 Å². The summed E-state index contributed by atoms with van der Waals surface area (Å²) in [6.07, 6.45) is 2.77. The molecule has 0 saturated carbocycles. The highest BCUT2D eigenvalue weighted by molar-refractivity contribution is 5.87. The molecule has 38 heavy (non-hydrogen) atoms. The first-order valence-corrected chi connectivity index (χ1v) is 13.3. The van der Waals surface area contributed by atoms with Gasteiger partial charge in [-0.05, 0) is 52.4 Å². The number of nitrogens with one attached hydrogen (secondary N) is 1. The van der Waals surface area contributed by atoms with E-state index in [1.165, 1.54) is 20.8 Å². The molecule has 0 aliphatic heterocycles. The number of unbranched alkanes of at least 4 members (excludes halogenated alkanes) is 3. The fraction of sp³-hybridized carbons (Fsp3) is 0.741. The molecule has 3 unspecified atom stereocenters. The van der Waals surface area contributed by atoms with Crippen LogP contribution in [0.25, 0.3) is 0 Å². The molecular formula is C27H45NO10. The Hall–Kier alpha value is -3.11. The first-order valence-electron chi connectivity index (χ1n) is 13.3. The van der Waals surface area contributed by atoms with Crippen molar-refractivity contribution in [2.45, 2.75) is 98.2 Å². The number of rotatable bonds is 20. The van der Waals surface area contributed by atoms with Crippen LogP contribution in [0.15, 0.2) is 12.2 Å². The van der Waals surface area contributed by atoms with Crippen LogP contribution >= 0.6 is 0 Å². The van der Waals surface area contributed by atoms with Crippen LogP contribution in [0.1, 0.15) is 86.0 Å². The lowest BCUT2D eigenvalue weighted by molar-refractivity contribution is -0.177. The van der Waals surface area contributed by atoms with Gasteiger partial charge in [0, 0.05) is 12.0 Å². The quantitative estimate of drug-likeness (QED) is 0.103. The smallest absolute Gasteiger partial charge is 0.407 e. The van der Waals surface area contributed by atoms with E-state index in [0.717, 1.165) is 25.7 Å². The van der Waals surface area contributed by atoms with Gasteiger partial charge in [0.25, 0.3) is 0 Å². The van der Waals surface area contributed by atoms with E-state index in [-0.39, 0.29) is 44.3 Å².